The molecule has 1 aromatic rings. The van der Waals surface area contributed by atoms with Gasteiger partial charge >= 0.3 is 12.1 Å². The van der Waals surface area contributed by atoms with Gasteiger partial charge in [-0.25, -0.2) is 9.59 Å². The number of likely N-dealkylation sites (tertiary alicyclic amines) is 1. The fourth-order valence-corrected chi connectivity index (χ4v) is 3.89. The third kappa shape index (κ3) is 4.75. The zero-order valence-corrected chi connectivity index (χ0v) is 15.4. The van der Waals surface area contributed by atoms with Crippen LogP contribution in [0.4, 0.5) is 10.5 Å². The molecule has 0 unspecified atom stereocenters. The van der Waals surface area contributed by atoms with Crippen molar-refractivity contribution in [3.8, 4) is 0 Å². The van der Waals surface area contributed by atoms with Crippen LogP contribution in [0.1, 0.15) is 55.8 Å². The Hall–Kier alpha value is -2.08. The summed E-state index contributed by atoms with van der Waals surface area (Å²) in [5.74, 6) is -0.364. The Balaban J connectivity index is 1.54. The largest absolute Gasteiger partial charge is 0.462 e. The summed E-state index contributed by atoms with van der Waals surface area (Å²) in [6.45, 7) is 4.33. The van der Waals surface area contributed by atoms with Crippen molar-refractivity contribution in [3.63, 3.8) is 0 Å². The van der Waals surface area contributed by atoms with Gasteiger partial charge in [0.1, 0.15) is 6.10 Å². The molecule has 26 heavy (non-hydrogen) atoms. The third-order valence-corrected chi connectivity index (χ3v) is 5.18. The number of hydrogen-bond acceptors (Lipinski definition) is 5. The van der Waals surface area contributed by atoms with E-state index < -0.39 is 6.09 Å². The van der Waals surface area contributed by atoms with Gasteiger partial charge in [0, 0.05) is 11.7 Å². The van der Waals surface area contributed by atoms with Crippen LogP contribution in [0.3, 0.4) is 0 Å². The molecular formula is C20H28N2O4. The summed E-state index contributed by atoms with van der Waals surface area (Å²) in [5, 5.41) is 2.77. The summed E-state index contributed by atoms with van der Waals surface area (Å²) in [6.07, 6.45) is 6.35. The van der Waals surface area contributed by atoms with Crippen molar-refractivity contribution in [1.29, 1.82) is 0 Å². The summed E-state index contributed by atoms with van der Waals surface area (Å²) in [6, 6.07) is 7.00. The monoisotopic (exact) mass is 360 g/mol. The molecule has 0 aromatic heterocycles. The first-order chi connectivity index (χ1) is 12.7. The van der Waals surface area contributed by atoms with E-state index in [1.54, 1.807) is 31.2 Å². The number of hydrogen-bond donors (Lipinski definition) is 1. The van der Waals surface area contributed by atoms with Crippen LogP contribution < -0.4 is 5.32 Å². The van der Waals surface area contributed by atoms with Crippen LogP contribution in [0, 0.1) is 0 Å². The molecule has 1 N–H and O–H groups in total. The van der Waals surface area contributed by atoms with Gasteiger partial charge in [0.05, 0.1) is 12.2 Å². The van der Waals surface area contributed by atoms with Gasteiger partial charge in [-0.15, -0.1) is 0 Å². The molecule has 1 heterocycles. The molecular weight excluding hydrogens is 332 g/mol. The summed E-state index contributed by atoms with van der Waals surface area (Å²) in [5.41, 5.74) is 1.07. The van der Waals surface area contributed by atoms with Crippen LogP contribution in [0.25, 0.3) is 0 Å². The molecule has 2 fully saturated rings. The number of ether oxygens (including phenoxy) is 2. The number of benzene rings is 1. The zero-order valence-electron chi connectivity index (χ0n) is 15.4. The number of carbonyl (C=O) groups excluding carboxylic acids is 2. The highest BCUT2D eigenvalue weighted by molar-refractivity contribution is 5.91. The highest BCUT2D eigenvalue weighted by Gasteiger charge is 2.34. The standard InChI is InChI=1S/C20H28N2O4/c1-2-25-19(23)15-9-11-16(12-10-15)21-20(24)26-18-8-4-3-7-17(18)22-13-5-6-14-22/h9-12,17-18H,2-8,13-14H2,1H3,(H,21,24)/t17-,18-/m0/s1. The molecule has 1 aliphatic heterocycles. The molecule has 1 saturated carbocycles. The van der Waals surface area contributed by atoms with Crippen molar-refractivity contribution in [2.45, 2.75) is 57.6 Å². The molecule has 142 valence electrons. The third-order valence-electron chi connectivity index (χ3n) is 5.18. The average Bonchev–Trinajstić information content (AvgIpc) is 3.17. The van der Waals surface area contributed by atoms with E-state index in [1.165, 1.54) is 19.3 Å². The number of carbonyl (C=O) groups is 2. The van der Waals surface area contributed by atoms with Crippen molar-refractivity contribution in [3.05, 3.63) is 29.8 Å². The predicted octanol–water partition coefficient (Wildman–Crippen LogP) is 3.82. The first-order valence-electron chi connectivity index (χ1n) is 9.66. The maximum atomic E-state index is 12.3. The minimum atomic E-state index is -0.426. The van der Waals surface area contributed by atoms with Crippen molar-refractivity contribution < 1.29 is 19.1 Å². The topological polar surface area (TPSA) is 67.9 Å². The van der Waals surface area contributed by atoms with Crippen molar-refractivity contribution in [1.82, 2.24) is 4.90 Å². The molecule has 6 heteroatoms. The van der Waals surface area contributed by atoms with E-state index in [1.807, 2.05) is 0 Å². The van der Waals surface area contributed by atoms with Gasteiger partial charge in [-0.1, -0.05) is 6.42 Å². The number of esters is 1. The first-order valence-corrected chi connectivity index (χ1v) is 9.66. The van der Waals surface area contributed by atoms with E-state index in [9.17, 15) is 9.59 Å². The van der Waals surface area contributed by atoms with Crippen LogP contribution >= 0.6 is 0 Å². The Bertz CT molecular complexity index is 611. The number of amides is 1. The Morgan fingerprint density at radius 3 is 2.46 bits per heavy atom. The summed E-state index contributed by atoms with van der Waals surface area (Å²) < 4.78 is 10.7. The smallest absolute Gasteiger partial charge is 0.411 e. The number of anilines is 1. The minimum Gasteiger partial charge on any atom is -0.462 e. The second-order valence-corrected chi connectivity index (χ2v) is 6.96. The molecule has 0 bridgehead atoms. The van der Waals surface area contributed by atoms with Crippen molar-refractivity contribution >= 4 is 17.7 Å². The van der Waals surface area contributed by atoms with E-state index in [0.717, 1.165) is 32.4 Å². The van der Waals surface area contributed by atoms with E-state index in [0.29, 0.717) is 23.9 Å². The van der Waals surface area contributed by atoms with E-state index >= 15 is 0 Å². The van der Waals surface area contributed by atoms with Crippen LogP contribution in [-0.4, -0.2) is 48.8 Å². The Morgan fingerprint density at radius 1 is 1.08 bits per heavy atom. The second kappa shape index (κ2) is 9.03. The van der Waals surface area contributed by atoms with E-state index in [4.69, 9.17) is 9.47 Å². The first kappa shape index (κ1) is 18.7. The van der Waals surface area contributed by atoms with E-state index in [-0.39, 0.29) is 12.1 Å². The Morgan fingerprint density at radius 2 is 1.77 bits per heavy atom. The van der Waals surface area contributed by atoms with E-state index in [2.05, 4.69) is 10.2 Å². The van der Waals surface area contributed by atoms with Crippen LogP contribution in [0.5, 0.6) is 0 Å². The van der Waals surface area contributed by atoms with Crippen molar-refractivity contribution in [2.24, 2.45) is 0 Å². The lowest BCUT2D eigenvalue weighted by molar-refractivity contribution is 0.0176. The molecule has 0 radical (unpaired) electrons. The molecule has 2 aliphatic rings. The lowest BCUT2D eigenvalue weighted by atomic mass is 9.91. The molecule has 3 rings (SSSR count). The second-order valence-electron chi connectivity index (χ2n) is 6.96. The minimum absolute atomic E-state index is 0.0411. The molecule has 0 spiro atoms. The van der Waals surface area contributed by atoms with Crippen LogP contribution in [0.15, 0.2) is 24.3 Å². The Labute approximate surface area is 154 Å². The van der Waals surface area contributed by atoms with Gasteiger partial charge in [0.25, 0.3) is 0 Å². The molecule has 1 aliphatic carbocycles. The van der Waals surface area contributed by atoms with Gasteiger partial charge in [-0.2, -0.15) is 0 Å². The Kier molecular flexibility index (Phi) is 6.50. The van der Waals surface area contributed by atoms with Gasteiger partial charge < -0.3 is 9.47 Å². The quantitative estimate of drug-likeness (QED) is 0.809. The SMILES string of the molecule is CCOC(=O)c1ccc(NC(=O)O[C@H]2CCCC[C@@H]2N2CCCC2)cc1. The maximum absolute atomic E-state index is 12.3. The fraction of sp³-hybridized carbons (Fsp3) is 0.600. The molecule has 1 saturated heterocycles. The lowest BCUT2D eigenvalue weighted by Gasteiger charge is -2.37. The molecule has 6 nitrogen and oxygen atoms in total. The summed E-state index contributed by atoms with van der Waals surface area (Å²) in [4.78, 5) is 26.5. The van der Waals surface area contributed by atoms with Gasteiger partial charge in [0.15, 0.2) is 0 Å². The van der Waals surface area contributed by atoms with Crippen LogP contribution in [0.2, 0.25) is 0 Å². The maximum Gasteiger partial charge on any atom is 0.411 e. The number of rotatable bonds is 5. The molecule has 1 amide bonds. The summed E-state index contributed by atoms with van der Waals surface area (Å²) >= 11 is 0. The highest BCUT2D eigenvalue weighted by Crippen LogP contribution is 2.28. The molecule has 1 aromatic carbocycles. The normalized spacial score (nSPS) is 23.4. The van der Waals surface area contributed by atoms with Gasteiger partial charge in [-0.05, 0) is 76.4 Å². The van der Waals surface area contributed by atoms with Crippen molar-refractivity contribution in [2.75, 3.05) is 25.0 Å². The van der Waals surface area contributed by atoms with Gasteiger partial charge in [-0.3, -0.25) is 10.2 Å². The highest BCUT2D eigenvalue weighted by atomic mass is 16.6. The fourth-order valence-electron chi connectivity index (χ4n) is 3.89. The average molecular weight is 360 g/mol. The lowest BCUT2D eigenvalue weighted by Crippen LogP contribution is -2.46. The van der Waals surface area contributed by atoms with Gasteiger partial charge in [0.2, 0.25) is 0 Å². The predicted molar refractivity (Wildman–Crippen MR) is 99.4 cm³/mol. The molecule has 2 atom stereocenters. The summed E-state index contributed by atoms with van der Waals surface area (Å²) in [7, 11) is 0. The zero-order chi connectivity index (χ0) is 18.4. The van der Waals surface area contributed by atoms with Crippen LogP contribution in [-0.2, 0) is 9.47 Å². The number of nitrogens with one attached hydrogen (secondary N) is 1. The number of nitrogens with zero attached hydrogens (tertiary/aromatic N) is 1.